The minimum absolute atomic E-state index is 0.403. The van der Waals surface area contributed by atoms with Gasteiger partial charge in [-0.25, -0.2) is 4.98 Å². The Morgan fingerprint density at radius 2 is 2.44 bits per heavy atom. The maximum absolute atomic E-state index is 5.94. The predicted molar refractivity (Wildman–Crippen MR) is 60.5 cm³/mol. The van der Waals surface area contributed by atoms with Crippen LogP contribution in [0.15, 0.2) is 12.4 Å². The van der Waals surface area contributed by atoms with Gasteiger partial charge in [0.25, 0.3) is 0 Å². The minimum Gasteiger partial charge on any atom is -0.314 e. The average Bonchev–Trinajstić information content (AvgIpc) is 2.90. The summed E-state index contributed by atoms with van der Waals surface area (Å²) < 4.78 is 1.91. The number of fused-ring (bicyclic) bond motifs is 1. The molecule has 1 saturated heterocycles. The summed E-state index contributed by atoms with van der Waals surface area (Å²) in [5, 5.41) is 12.1. The molecule has 0 aromatic carbocycles. The molecule has 1 atom stereocenters. The number of aromatic nitrogens is 4. The second-order valence-corrected chi connectivity index (χ2v) is 4.38. The van der Waals surface area contributed by atoms with Crippen LogP contribution in [0.2, 0.25) is 5.15 Å². The molecule has 0 aliphatic carbocycles. The van der Waals surface area contributed by atoms with Gasteiger partial charge in [-0.15, -0.1) is 10.2 Å². The van der Waals surface area contributed by atoms with Gasteiger partial charge in [0.2, 0.25) is 0 Å². The van der Waals surface area contributed by atoms with Gasteiger partial charge in [0, 0.05) is 24.9 Å². The number of nitrogens with one attached hydrogen (secondary N) is 1. The van der Waals surface area contributed by atoms with Crippen LogP contribution in [-0.4, -0.2) is 32.2 Å². The van der Waals surface area contributed by atoms with Crippen molar-refractivity contribution in [1.82, 2.24) is 24.9 Å². The minimum atomic E-state index is 0.403. The number of nitrogens with zero attached hydrogens (tertiary/aromatic N) is 4. The predicted octanol–water partition coefficient (Wildman–Crippen LogP) is 1.07. The zero-order valence-corrected chi connectivity index (χ0v) is 9.48. The lowest BCUT2D eigenvalue weighted by atomic mass is 10.1. The number of hydrogen-bond acceptors (Lipinski definition) is 4. The molecule has 1 aliphatic heterocycles. The second-order valence-electron chi connectivity index (χ2n) is 4.03. The first kappa shape index (κ1) is 9.99. The smallest absolute Gasteiger partial charge is 0.198 e. The quantitative estimate of drug-likeness (QED) is 0.849. The molecule has 1 fully saturated rings. The van der Waals surface area contributed by atoms with Crippen molar-refractivity contribution in [3.05, 3.63) is 23.4 Å². The largest absolute Gasteiger partial charge is 0.314 e. The highest BCUT2D eigenvalue weighted by Gasteiger charge is 2.18. The Hall–Kier alpha value is -1.20. The van der Waals surface area contributed by atoms with Gasteiger partial charge in [0.15, 0.2) is 10.8 Å². The molecular weight excluding hydrogens is 226 g/mol. The summed E-state index contributed by atoms with van der Waals surface area (Å²) in [6.07, 6.45) is 6.86. The molecule has 0 radical (unpaired) electrons. The van der Waals surface area contributed by atoms with E-state index < -0.39 is 0 Å². The van der Waals surface area contributed by atoms with Gasteiger partial charge in [-0.05, 0) is 19.4 Å². The fourth-order valence-electron chi connectivity index (χ4n) is 2.13. The second kappa shape index (κ2) is 3.99. The van der Waals surface area contributed by atoms with E-state index in [0.717, 1.165) is 18.8 Å². The Bertz CT molecular complexity index is 503. The van der Waals surface area contributed by atoms with Crippen molar-refractivity contribution in [2.45, 2.75) is 25.3 Å². The molecule has 0 amide bonds. The van der Waals surface area contributed by atoms with E-state index in [0.29, 0.717) is 16.8 Å². The van der Waals surface area contributed by atoms with Crippen LogP contribution >= 0.6 is 11.6 Å². The highest BCUT2D eigenvalue weighted by molar-refractivity contribution is 6.32. The Labute approximate surface area is 97.8 Å². The lowest BCUT2D eigenvalue weighted by Gasteiger charge is -2.07. The molecule has 84 valence electrons. The summed E-state index contributed by atoms with van der Waals surface area (Å²) >= 11 is 5.94. The first-order chi connectivity index (χ1) is 7.84. The van der Waals surface area contributed by atoms with E-state index in [9.17, 15) is 0 Å². The highest BCUT2D eigenvalue weighted by Crippen LogP contribution is 2.15. The van der Waals surface area contributed by atoms with E-state index in [1.165, 1.54) is 12.8 Å². The third-order valence-electron chi connectivity index (χ3n) is 2.95. The van der Waals surface area contributed by atoms with Crippen molar-refractivity contribution >= 4 is 17.2 Å². The monoisotopic (exact) mass is 237 g/mol. The summed E-state index contributed by atoms with van der Waals surface area (Å²) in [4.78, 5) is 3.98. The molecule has 3 heterocycles. The summed E-state index contributed by atoms with van der Waals surface area (Å²) in [7, 11) is 0. The summed E-state index contributed by atoms with van der Waals surface area (Å²) in [5.74, 6) is 0.943. The zero-order chi connectivity index (χ0) is 11.0. The van der Waals surface area contributed by atoms with Crippen molar-refractivity contribution in [2.24, 2.45) is 0 Å². The SMILES string of the molecule is Clc1nccn2c(CC3CCCN3)nnc12. The van der Waals surface area contributed by atoms with Crippen molar-refractivity contribution in [1.29, 1.82) is 0 Å². The average molecular weight is 238 g/mol. The van der Waals surface area contributed by atoms with E-state index >= 15 is 0 Å². The van der Waals surface area contributed by atoms with Crippen LogP contribution in [0.1, 0.15) is 18.7 Å². The molecule has 1 aliphatic rings. The number of rotatable bonds is 2. The van der Waals surface area contributed by atoms with Crippen LogP contribution in [0.5, 0.6) is 0 Å². The summed E-state index contributed by atoms with van der Waals surface area (Å²) in [6.45, 7) is 1.10. The molecule has 16 heavy (non-hydrogen) atoms. The number of halogens is 1. The van der Waals surface area contributed by atoms with E-state index in [1.807, 2.05) is 10.6 Å². The van der Waals surface area contributed by atoms with E-state index in [2.05, 4.69) is 20.5 Å². The number of hydrogen-bond donors (Lipinski definition) is 1. The third-order valence-corrected chi connectivity index (χ3v) is 3.21. The molecule has 2 aromatic heterocycles. The molecule has 2 aromatic rings. The summed E-state index contributed by atoms with van der Waals surface area (Å²) in [6, 6.07) is 0.513. The van der Waals surface area contributed by atoms with Crippen molar-refractivity contribution in [3.63, 3.8) is 0 Å². The summed E-state index contributed by atoms with van der Waals surface area (Å²) in [5.41, 5.74) is 0.636. The van der Waals surface area contributed by atoms with E-state index in [4.69, 9.17) is 11.6 Å². The van der Waals surface area contributed by atoms with Crippen LogP contribution in [0.3, 0.4) is 0 Å². The molecule has 5 nitrogen and oxygen atoms in total. The molecular formula is C10H12ClN5. The van der Waals surface area contributed by atoms with Crippen LogP contribution in [0.4, 0.5) is 0 Å². The lowest BCUT2D eigenvalue weighted by Crippen LogP contribution is -2.24. The maximum atomic E-state index is 5.94. The van der Waals surface area contributed by atoms with Crippen molar-refractivity contribution in [2.75, 3.05) is 6.54 Å². The van der Waals surface area contributed by atoms with Gasteiger partial charge in [0.05, 0.1) is 0 Å². The first-order valence-corrected chi connectivity index (χ1v) is 5.80. The fraction of sp³-hybridized carbons (Fsp3) is 0.500. The first-order valence-electron chi connectivity index (χ1n) is 5.42. The molecule has 3 rings (SSSR count). The standard InChI is InChI=1S/C10H12ClN5/c11-9-10-15-14-8(16(10)5-4-13-9)6-7-2-1-3-12-7/h4-5,7,12H,1-3,6H2. The normalized spacial score (nSPS) is 20.7. The van der Waals surface area contributed by atoms with Gasteiger partial charge < -0.3 is 5.32 Å². The highest BCUT2D eigenvalue weighted by atomic mass is 35.5. The van der Waals surface area contributed by atoms with Crippen LogP contribution in [0.25, 0.3) is 5.65 Å². The van der Waals surface area contributed by atoms with Gasteiger partial charge in [0.1, 0.15) is 5.82 Å². The molecule has 0 bridgehead atoms. The lowest BCUT2D eigenvalue weighted by molar-refractivity contribution is 0.582. The Morgan fingerprint density at radius 1 is 1.50 bits per heavy atom. The fourth-order valence-corrected chi connectivity index (χ4v) is 2.32. The van der Waals surface area contributed by atoms with E-state index in [1.54, 1.807) is 6.20 Å². The van der Waals surface area contributed by atoms with Crippen LogP contribution < -0.4 is 5.32 Å². The van der Waals surface area contributed by atoms with E-state index in [-0.39, 0.29) is 0 Å². The topological polar surface area (TPSA) is 55.1 Å². The Kier molecular flexibility index (Phi) is 2.49. The van der Waals surface area contributed by atoms with Gasteiger partial charge in [-0.2, -0.15) is 0 Å². The van der Waals surface area contributed by atoms with Gasteiger partial charge >= 0.3 is 0 Å². The zero-order valence-electron chi connectivity index (χ0n) is 8.73. The molecule has 0 saturated carbocycles. The van der Waals surface area contributed by atoms with Crippen molar-refractivity contribution < 1.29 is 0 Å². The molecule has 1 N–H and O–H groups in total. The molecule has 0 spiro atoms. The van der Waals surface area contributed by atoms with Crippen molar-refractivity contribution in [3.8, 4) is 0 Å². The van der Waals surface area contributed by atoms with Crippen LogP contribution in [-0.2, 0) is 6.42 Å². The molecule has 6 heteroatoms. The van der Waals surface area contributed by atoms with Gasteiger partial charge in [-0.3, -0.25) is 4.40 Å². The third kappa shape index (κ3) is 1.66. The molecule has 1 unspecified atom stereocenters. The van der Waals surface area contributed by atoms with Gasteiger partial charge in [-0.1, -0.05) is 11.6 Å². The van der Waals surface area contributed by atoms with Crippen LogP contribution in [0, 0.1) is 0 Å². The maximum Gasteiger partial charge on any atom is 0.198 e. The Morgan fingerprint density at radius 3 is 3.25 bits per heavy atom. The Balaban J connectivity index is 1.94.